The summed E-state index contributed by atoms with van der Waals surface area (Å²) in [7, 11) is 0. The highest BCUT2D eigenvalue weighted by Crippen LogP contribution is 2.35. The third-order valence-electron chi connectivity index (χ3n) is 5.82. The van der Waals surface area contributed by atoms with E-state index in [0.717, 1.165) is 42.0 Å². The molecule has 6 rings (SSSR count). The minimum absolute atomic E-state index is 0.622. The van der Waals surface area contributed by atoms with E-state index in [4.69, 9.17) is 26.6 Å². The lowest BCUT2D eigenvalue weighted by molar-refractivity contribution is 1.06. The Morgan fingerprint density at radius 3 is 1.71 bits per heavy atom. The Labute approximate surface area is 221 Å². The van der Waals surface area contributed by atoms with Gasteiger partial charge in [-0.1, -0.05) is 103 Å². The van der Waals surface area contributed by atoms with Gasteiger partial charge in [-0.05, 0) is 40.8 Å². The second kappa shape index (κ2) is 9.24. The molecule has 2 heterocycles. The Morgan fingerprint density at radius 1 is 0.571 bits per heavy atom. The van der Waals surface area contributed by atoms with Crippen molar-refractivity contribution in [2.24, 2.45) is 0 Å². The number of fused-ring (bicyclic) bond motifs is 1. The average molecular weight is 585 g/mol. The summed E-state index contributed by atoms with van der Waals surface area (Å²) in [5, 5.41) is 1.78. The number of hydrogen-bond donors (Lipinski definition) is 0. The van der Waals surface area contributed by atoms with Crippen LogP contribution in [0.5, 0.6) is 0 Å². The standard InChI is InChI=1S/C29H18ClIN4/c30-25-23-16-7-8-17-24(23)35(26(25)31)22-15-9-14-21(18-22)29-33-27(19-10-3-1-4-11-19)32-28(34-29)20-12-5-2-6-13-20/h1-18H. The number of aromatic nitrogens is 4. The first-order valence-corrected chi connectivity index (χ1v) is 12.6. The summed E-state index contributed by atoms with van der Waals surface area (Å²) in [6, 6.07) is 36.4. The SMILES string of the molecule is Clc1c(I)n(-c2cccc(-c3nc(-c4ccccc4)nc(-c4ccccc4)n3)c2)c2ccccc12. The van der Waals surface area contributed by atoms with E-state index >= 15 is 0 Å². The summed E-state index contributed by atoms with van der Waals surface area (Å²) < 4.78 is 3.13. The average Bonchev–Trinajstić information content (AvgIpc) is 3.19. The van der Waals surface area contributed by atoms with Gasteiger partial charge in [0.05, 0.1) is 10.5 Å². The number of para-hydroxylation sites is 1. The molecule has 4 nitrogen and oxygen atoms in total. The van der Waals surface area contributed by atoms with Gasteiger partial charge in [-0.15, -0.1) is 0 Å². The van der Waals surface area contributed by atoms with Crippen LogP contribution in [0.2, 0.25) is 5.02 Å². The van der Waals surface area contributed by atoms with Gasteiger partial charge in [0, 0.05) is 27.8 Å². The molecule has 0 aliphatic carbocycles. The first-order valence-electron chi connectivity index (χ1n) is 11.1. The first-order chi connectivity index (χ1) is 17.2. The fourth-order valence-corrected chi connectivity index (χ4v) is 5.22. The monoisotopic (exact) mass is 584 g/mol. The molecule has 6 heteroatoms. The zero-order chi connectivity index (χ0) is 23.8. The van der Waals surface area contributed by atoms with Crippen molar-refractivity contribution in [2.75, 3.05) is 0 Å². The van der Waals surface area contributed by atoms with E-state index in [1.165, 1.54) is 0 Å². The van der Waals surface area contributed by atoms with E-state index in [-0.39, 0.29) is 0 Å². The van der Waals surface area contributed by atoms with Crippen LogP contribution in [0.1, 0.15) is 0 Å². The maximum absolute atomic E-state index is 6.67. The van der Waals surface area contributed by atoms with Crippen molar-refractivity contribution < 1.29 is 0 Å². The molecular weight excluding hydrogens is 567 g/mol. The highest BCUT2D eigenvalue weighted by Gasteiger charge is 2.16. The van der Waals surface area contributed by atoms with Gasteiger partial charge in [0.2, 0.25) is 0 Å². The molecule has 0 saturated carbocycles. The van der Waals surface area contributed by atoms with Crippen LogP contribution in [0.4, 0.5) is 0 Å². The summed E-state index contributed by atoms with van der Waals surface area (Å²) in [4.78, 5) is 14.5. The molecule has 0 aliphatic rings. The zero-order valence-electron chi connectivity index (χ0n) is 18.4. The van der Waals surface area contributed by atoms with Crippen LogP contribution in [0.25, 0.3) is 50.8 Å². The minimum atomic E-state index is 0.622. The van der Waals surface area contributed by atoms with Crippen molar-refractivity contribution in [1.29, 1.82) is 0 Å². The molecule has 0 bridgehead atoms. The Balaban J connectivity index is 1.54. The molecule has 0 amide bonds. The normalized spacial score (nSPS) is 11.1. The number of benzene rings is 4. The molecule has 0 atom stereocenters. The van der Waals surface area contributed by atoms with Crippen molar-refractivity contribution in [3.8, 4) is 39.9 Å². The molecule has 0 radical (unpaired) electrons. The molecule has 2 aromatic heterocycles. The Morgan fingerprint density at radius 2 is 1.09 bits per heavy atom. The highest BCUT2D eigenvalue weighted by atomic mass is 127. The second-order valence-electron chi connectivity index (χ2n) is 8.05. The summed E-state index contributed by atoms with van der Waals surface area (Å²) in [5.74, 6) is 1.91. The van der Waals surface area contributed by atoms with Gasteiger partial charge in [-0.25, -0.2) is 15.0 Å². The first kappa shape index (κ1) is 21.9. The molecule has 168 valence electrons. The van der Waals surface area contributed by atoms with E-state index in [1.54, 1.807) is 0 Å². The van der Waals surface area contributed by atoms with E-state index in [0.29, 0.717) is 17.5 Å². The molecule has 4 aromatic carbocycles. The Hall–Kier alpha value is -3.55. The van der Waals surface area contributed by atoms with E-state index < -0.39 is 0 Å². The number of rotatable bonds is 4. The van der Waals surface area contributed by atoms with Crippen LogP contribution in [-0.4, -0.2) is 19.5 Å². The van der Waals surface area contributed by atoms with Crippen LogP contribution in [0, 0.1) is 3.70 Å². The largest absolute Gasteiger partial charge is 0.303 e. The number of halogens is 2. The topological polar surface area (TPSA) is 43.6 Å². The van der Waals surface area contributed by atoms with Crippen LogP contribution in [0.3, 0.4) is 0 Å². The smallest absolute Gasteiger partial charge is 0.164 e. The molecular formula is C29H18ClIN4. The predicted octanol–water partition coefficient (Wildman–Crippen LogP) is 8.07. The van der Waals surface area contributed by atoms with Gasteiger partial charge in [0.1, 0.15) is 3.70 Å². The van der Waals surface area contributed by atoms with Crippen molar-refractivity contribution in [3.05, 3.63) is 118 Å². The van der Waals surface area contributed by atoms with Gasteiger partial charge < -0.3 is 4.57 Å². The van der Waals surface area contributed by atoms with Crippen molar-refractivity contribution in [3.63, 3.8) is 0 Å². The zero-order valence-corrected chi connectivity index (χ0v) is 21.4. The number of hydrogen-bond acceptors (Lipinski definition) is 3. The molecule has 0 unspecified atom stereocenters. The molecule has 0 fully saturated rings. The predicted molar refractivity (Wildman–Crippen MR) is 151 cm³/mol. The van der Waals surface area contributed by atoms with Gasteiger partial charge in [0.25, 0.3) is 0 Å². The summed E-state index contributed by atoms with van der Waals surface area (Å²) in [6.07, 6.45) is 0. The quantitative estimate of drug-likeness (QED) is 0.197. The fourth-order valence-electron chi connectivity index (χ4n) is 4.14. The minimum Gasteiger partial charge on any atom is -0.303 e. The van der Waals surface area contributed by atoms with E-state index in [1.807, 2.05) is 91.0 Å². The van der Waals surface area contributed by atoms with Gasteiger partial charge in [-0.3, -0.25) is 0 Å². The third-order valence-corrected chi connectivity index (χ3v) is 7.54. The molecule has 0 aliphatic heterocycles. The summed E-state index contributed by atoms with van der Waals surface area (Å²) in [5.41, 5.74) is 4.86. The van der Waals surface area contributed by atoms with Crippen molar-refractivity contribution in [1.82, 2.24) is 19.5 Å². The molecule has 6 aromatic rings. The summed E-state index contributed by atoms with van der Waals surface area (Å²) >= 11 is 8.97. The second-order valence-corrected chi connectivity index (χ2v) is 9.45. The van der Waals surface area contributed by atoms with E-state index in [9.17, 15) is 0 Å². The summed E-state index contributed by atoms with van der Waals surface area (Å²) in [6.45, 7) is 0. The van der Waals surface area contributed by atoms with Crippen LogP contribution in [0.15, 0.2) is 109 Å². The molecule has 0 spiro atoms. The Kier molecular flexibility index (Phi) is 5.80. The van der Waals surface area contributed by atoms with Gasteiger partial charge in [-0.2, -0.15) is 0 Å². The maximum atomic E-state index is 6.67. The molecule has 35 heavy (non-hydrogen) atoms. The maximum Gasteiger partial charge on any atom is 0.164 e. The highest BCUT2D eigenvalue weighted by molar-refractivity contribution is 14.1. The van der Waals surface area contributed by atoms with Crippen molar-refractivity contribution >= 4 is 45.1 Å². The van der Waals surface area contributed by atoms with E-state index in [2.05, 4.69) is 45.4 Å². The van der Waals surface area contributed by atoms with Gasteiger partial charge in [0.15, 0.2) is 17.5 Å². The van der Waals surface area contributed by atoms with Crippen molar-refractivity contribution in [2.45, 2.75) is 0 Å². The lowest BCUT2D eigenvalue weighted by Gasteiger charge is -2.11. The van der Waals surface area contributed by atoms with Crippen LogP contribution in [-0.2, 0) is 0 Å². The molecule has 0 saturated heterocycles. The Bertz CT molecular complexity index is 1610. The fraction of sp³-hybridized carbons (Fsp3) is 0. The van der Waals surface area contributed by atoms with Crippen LogP contribution >= 0.6 is 34.2 Å². The lowest BCUT2D eigenvalue weighted by Crippen LogP contribution is -2.01. The van der Waals surface area contributed by atoms with Crippen LogP contribution < -0.4 is 0 Å². The lowest BCUT2D eigenvalue weighted by atomic mass is 10.1. The van der Waals surface area contributed by atoms with Gasteiger partial charge >= 0.3 is 0 Å². The third kappa shape index (κ3) is 4.11. The number of nitrogens with zero attached hydrogens (tertiary/aromatic N) is 4. The molecule has 0 N–H and O–H groups in total.